The molecule has 0 aromatic heterocycles. The van der Waals surface area contributed by atoms with Gasteiger partial charge in [0.25, 0.3) is 0 Å². The highest BCUT2D eigenvalue weighted by Crippen LogP contribution is 2.24. The van der Waals surface area contributed by atoms with Gasteiger partial charge >= 0.3 is 0 Å². The van der Waals surface area contributed by atoms with Gasteiger partial charge in [-0.3, -0.25) is 10.1 Å². The average Bonchev–Trinajstić information content (AvgIpc) is 2.65. The lowest BCUT2D eigenvalue weighted by atomic mass is 9.98. The van der Waals surface area contributed by atoms with Gasteiger partial charge in [-0.05, 0) is 38.0 Å². The van der Waals surface area contributed by atoms with E-state index in [1.807, 2.05) is 0 Å². The van der Waals surface area contributed by atoms with Gasteiger partial charge in [0, 0.05) is 6.04 Å². The van der Waals surface area contributed by atoms with Crippen molar-refractivity contribution in [1.82, 2.24) is 10.2 Å². The van der Waals surface area contributed by atoms with E-state index in [9.17, 15) is 4.79 Å². The van der Waals surface area contributed by atoms with Gasteiger partial charge < -0.3 is 4.90 Å². The first kappa shape index (κ1) is 16.5. The Hall–Kier alpha value is -0.570. The molecule has 1 N–H and O–H groups in total. The Morgan fingerprint density at radius 2 is 1.84 bits per heavy atom. The highest BCUT2D eigenvalue weighted by atomic mass is 16.2. The van der Waals surface area contributed by atoms with Crippen molar-refractivity contribution < 1.29 is 4.79 Å². The lowest BCUT2D eigenvalue weighted by Crippen LogP contribution is -2.43. The highest BCUT2D eigenvalue weighted by Gasteiger charge is 2.40. The van der Waals surface area contributed by atoms with Crippen LogP contribution in [-0.4, -0.2) is 29.1 Å². The van der Waals surface area contributed by atoms with Crippen LogP contribution in [0.1, 0.15) is 67.2 Å². The predicted molar refractivity (Wildman–Crippen MR) is 80.8 cm³/mol. The van der Waals surface area contributed by atoms with Crippen LogP contribution in [0.3, 0.4) is 0 Å². The molecule has 3 nitrogen and oxygen atoms in total. The van der Waals surface area contributed by atoms with Gasteiger partial charge in [0.05, 0.1) is 12.2 Å². The molecule has 0 aromatic rings. The predicted octanol–water partition coefficient (Wildman–Crippen LogP) is 3.39. The Bertz CT molecular complexity index is 290. The number of carbonyl (C=O) groups excluding carboxylic acids is 1. The molecule has 0 saturated carbocycles. The topological polar surface area (TPSA) is 32.3 Å². The molecule has 0 spiro atoms. The molecule has 1 amide bonds. The van der Waals surface area contributed by atoms with Crippen LogP contribution in [0, 0.1) is 11.8 Å². The normalized spacial score (nSPS) is 27.1. The van der Waals surface area contributed by atoms with E-state index in [0.717, 1.165) is 19.3 Å². The van der Waals surface area contributed by atoms with Crippen LogP contribution in [0.4, 0.5) is 0 Å². The largest absolute Gasteiger partial charge is 0.323 e. The molecule has 1 aliphatic heterocycles. The van der Waals surface area contributed by atoms with Crippen LogP contribution in [0.25, 0.3) is 0 Å². The second-order valence-electron chi connectivity index (χ2n) is 6.62. The number of rotatable bonds is 7. The smallest absolute Gasteiger partial charge is 0.241 e. The van der Waals surface area contributed by atoms with E-state index in [1.54, 1.807) is 0 Å². The highest BCUT2D eigenvalue weighted by molar-refractivity contribution is 5.84. The van der Waals surface area contributed by atoms with E-state index in [2.05, 4.69) is 51.8 Å². The number of amides is 1. The Morgan fingerprint density at radius 1 is 1.21 bits per heavy atom. The number of nitrogens with one attached hydrogen (secondary N) is 1. The molecule has 0 radical (unpaired) electrons. The zero-order valence-corrected chi connectivity index (χ0v) is 13.6. The summed E-state index contributed by atoms with van der Waals surface area (Å²) in [6.07, 6.45) is 4.46. The van der Waals surface area contributed by atoms with E-state index < -0.39 is 0 Å². The maximum absolute atomic E-state index is 12.6. The molecule has 4 atom stereocenters. The SMILES string of the molecule is CCC(C)CC(C)N1C(=O)C(CC(C)C)NC1CC. The maximum Gasteiger partial charge on any atom is 0.241 e. The molecule has 1 saturated heterocycles. The summed E-state index contributed by atoms with van der Waals surface area (Å²) in [5, 5.41) is 3.52. The van der Waals surface area contributed by atoms with Gasteiger partial charge in [0.2, 0.25) is 5.91 Å². The van der Waals surface area contributed by atoms with E-state index in [0.29, 0.717) is 23.8 Å². The standard InChI is InChI=1S/C16H32N2O/c1-7-12(5)10-13(6)18-15(8-2)17-14(16(18)19)9-11(3)4/h11-15,17H,7-10H2,1-6H3. The molecule has 0 bridgehead atoms. The van der Waals surface area contributed by atoms with Crippen molar-refractivity contribution in [2.45, 2.75) is 85.5 Å². The monoisotopic (exact) mass is 268 g/mol. The first-order chi connectivity index (χ1) is 8.90. The van der Waals surface area contributed by atoms with Gasteiger partial charge in [-0.2, -0.15) is 0 Å². The van der Waals surface area contributed by atoms with E-state index in [1.165, 1.54) is 6.42 Å². The van der Waals surface area contributed by atoms with E-state index in [-0.39, 0.29) is 12.2 Å². The minimum atomic E-state index is 0.0318. The molecule has 0 aliphatic carbocycles. The van der Waals surface area contributed by atoms with Crippen molar-refractivity contribution >= 4 is 5.91 Å². The molecule has 1 heterocycles. The van der Waals surface area contributed by atoms with Crippen LogP contribution in [-0.2, 0) is 4.79 Å². The van der Waals surface area contributed by atoms with Crippen molar-refractivity contribution in [1.29, 1.82) is 0 Å². The Kier molecular flexibility index (Phi) is 6.31. The van der Waals surface area contributed by atoms with Gasteiger partial charge in [0.15, 0.2) is 0 Å². The van der Waals surface area contributed by atoms with Crippen LogP contribution in [0.2, 0.25) is 0 Å². The van der Waals surface area contributed by atoms with Crippen LogP contribution < -0.4 is 5.32 Å². The second kappa shape index (κ2) is 7.28. The Labute approximate surface area is 119 Å². The molecule has 1 rings (SSSR count). The van der Waals surface area contributed by atoms with Crippen molar-refractivity contribution in [2.24, 2.45) is 11.8 Å². The van der Waals surface area contributed by atoms with Crippen molar-refractivity contribution in [3.63, 3.8) is 0 Å². The third-order valence-electron chi connectivity index (χ3n) is 4.29. The fourth-order valence-corrected chi connectivity index (χ4v) is 3.06. The Balaban J connectivity index is 2.71. The van der Waals surface area contributed by atoms with Gasteiger partial charge in [-0.1, -0.05) is 41.0 Å². The van der Waals surface area contributed by atoms with Crippen LogP contribution in [0.5, 0.6) is 0 Å². The fraction of sp³-hybridized carbons (Fsp3) is 0.938. The molecule has 112 valence electrons. The van der Waals surface area contributed by atoms with E-state index >= 15 is 0 Å². The average molecular weight is 268 g/mol. The summed E-state index contributed by atoms with van der Waals surface area (Å²) in [4.78, 5) is 14.7. The summed E-state index contributed by atoms with van der Waals surface area (Å²) in [5.41, 5.74) is 0. The molecule has 1 aliphatic rings. The summed E-state index contributed by atoms with van der Waals surface area (Å²) in [5.74, 6) is 1.56. The molecule has 3 heteroatoms. The number of hydrogen-bond acceptors (Lipinski definition) is 2. The number of hydrogen-bond donors (Lipinski definition) is 1. The van der Waals surface area contributed by atoms with Crippen LogP contribution in [0.15, 0.2) is 0 Å². The number of nitrogens with zero attached hydrogens (tertiary/aromatic N) is 1. The first-order valence-electron chi connectivity index (χ1n) is 7.98. The minimum Gasteiger partial charge on any atom is -0.323 e. The molecule has 0 aromatic carbocycles. The van der Waals surface area contributed by atoms with Gasteiger partial charge in [-0.15, -0.1) is 0 Å². The number of carbonyl (C=O) groups is 1. The van der Waals surface area contributed by atoms with Crippen LogP contribution >= 0.6 is 0 Å². The quantitative estimate of drug-likeness (QED) is 0.767. The third kappa shape index (κ3) is 4.20. The lowest BCUT2D eigenvalue weighted by Gasteiger charge is -2.31. The lowest BCUT2D eigenvalue weighted by molar-refractivity contribution is -0.132. The zero-order chi connectivity index (χ0) is 14.6. The molecular formula is C16H32N2O. The summed E-state index contributed by atoms with van der Waals surface area (Å²) in [7, 11) is 0. The minimum absolute atomic E-state index is 0.0318. The van der Waals surface area contributed by atoms with Crippen molar-refractivity contribution in [2.75, 3.05) is 0 Å². The molecular weight excluding hydrogens is 236 g/mol. The van der Waals surface area contributed by atoms with Gasteiger partial charge in [0.1, 0.15) is 0 Å². The third-order valence-corrected chi connectivity index (χ3v) is 4.29. The Morgan fingerprint density at radius 3 is 2.32 bits per heavy atom. The molecule has 4 unspecified atom stereocenters. The van der Waals surface area contributed by atoms with Crippen molar-refractivity contribution in [3.8, 4) is 0 Å². The molecule has 19 heavy (non-hydrogen) atoms. The fourth-order valence-electron chi connectivity index (χ4n) is 3.06. The first-order valence-corrected chi connectivity index (χ1v) is 7.98. The zero-order valence-electron chi connectivity index (χ0n) is 13.6. The van der Waals surface area contributed by atoms with E-state index in [4.69, 9.17) is 0 Å². The summed E-state index contributed by atoms with van der Waals surface area (Å²) in [6.45, 7) is 13.2. The summed E-state index contributed by atoms with van der Waals surface area (Å²) in [6, 6.07) is 0.376. The second-order valence-corrected chi connectivity index (χ2v) is 6.62. The van der Waals surface area contributed by atoms with Crippen molar-refractivity contribution in [3.05, 3.63) is 0 Å². The molecule has 1 fully saturated rings. The van der Waals surface area contributed by atoms with Gasteiger partial charge in [-0.25, -0.2) is 0 Å². The summed E-state index contributed by atoms with van der Waals surface area (Å²) < 4.78 is 0. The summed E-state index contributed by atoms with van der Waals surface area (Å²) >= 11 is 0. The maximum atomic E-state index is 12.6.